The molecule has 1 atom stereocenters. The minimum Gasteiger partial charge on any atom is -0.351 e. The van der Waals surface area contributed by atoms with Crippen molar-refractivity contribution in [1.29, 1.82) is 0 Å². The molecule has 0 bridgehead atoms. The van der Waals surface area contributed by atoms with Crippen LogP contribution < -0.4 is 10.6 Å². The van der Waals surface area contributed by atoms with Gasteiger partial charge in [0.1, 0.15) is 6.04 Å². The third kappa shape index (κ3) is 6.40. The van der Waals surface area contributed by atoms with Gasteiger partial charge in [-0.1, -0.05) is 62.6 Å². The molecule has 1 aromatic heterocycles. The van der Waals surface area contributed by atoms with E-state index >= 15 is 0 Å². The van der Waals surface area contributed by atoms with Crippen LogP contribution in [0.1, 0.15) is 66.7 Å². The summed E-state index contributed by atoms with van der Waals surface area (Å²) in [5.74, 6) is -0.675. The molecule has 31 heavy (non-hydrogen) atoms. The lowest BCUT2D eigenvalue weighted by molar-refractivity contribution is -0.140. The van der Waals surface area contributed by atoms with Crippen molar-refractivity contribution >= 4 is 29.1 Å². The molecule has 1 fully saturated rings. The van der Waals surface area contributed by atoms with E-state index in [-0.39, 0.29) is 30.3 Å². The van der Waals surface area contributed by atoms with Crippen LogP contribution in [0.25, 0.3) is 0 Å². The van der Waals surface area contributed by atoms with E-state index in [2.05, 4.69) is 17.6 Å². The Kier molecular flexibility index (Phi) is 8.64. The molecule has 2 aromatic rings. The van der Waals surface area contributed by atoms with E-state index in [0.717, 1.165) is 44.1 Å². The SMILES string of the molecule is CCCCN(C(=O)CNC(=O)c1cccs1)[C@H](C(=O)NC1CCCC1)c1ccccc1. The highest BCUT2D eigenvalue weighted by molar-refractivity contribution is 7.12. The van der Waals surface area contributed by atoms with Crippen LogP contribution in [0.2, 0.25) is 0 Å². The summed E-state index contributed by atoms with van der Waals surface area (Å²) >= 11 is 1.33. The molecule has 0 saturated heterocycles. The second-order valence-electron chi connectivity index (χ2n) is 7.90. The maximum Gasteiger partial charge on any atom is 0.261 e. The number of unbranched alkanes of at least 4 members (excludes halogenated alkanes) is 1. The number of thiophene rings is 1. The van der Waals surface area contributed by atoms with E-state index in [0.29, 0.717) is 11.4 Å². The molecule has 3 amide bonds. The Balaban J connectivity index is 1.78. The normalized spacial score (nSPS) is 14.7. The highest BCUT2D eigenvalue weighted by atomic mass is 32.1. The van der Waals surface area contributed by atoms with E-state index in [1.807, 2.05) is 35.7 Å². The van der Waals surface area contributed by atoms with Crippen LogP contribution in [-0.2, 0) is 9.59 Å². The van der Waals surface area contributed by atoms with Crippen molar-refractivity contribution in [1.82, 2.24) is 15.5 Å². The lowest BCUT2D eigenvalue weighted by Crippen LogP contribution is -2.49. The number of nitrogens with one attached hydrogen (secondary N) is 2. The average molecular weight is 442 g/mol. The van der Waals surface area contributed by atoms with Gasteiger partial charge in [-0.15, -0.1) is 11.3 Å². The zero-order valence-electron chi connectivity index (χ0n) is 18.0. The van der Waals surface area contributed by atoms with Gasteiger partial charge in [0.25, 0.3) is 5.91 Å². The lowest BCUT2D eigenvalue weighted by atomic mass is 10.0. The predicted molar refractivity (Wildman–Crippen MR) is 123 cm³/mol. The van der Waals surface area contributed by atoms with Crippen molar-refractivity contribution in [3.8, 4) is 0 Å². The third-order valence-electron chi connectivity index (χ3n) is 5.59. The molecular formula is C24H31N3O3S. The van der Waals surface area contributed by atoms with Gasteiger partial charge in [0.15, 0.2) is 0 Å². The van der Waals surface area contributed by atoms with Gasteiger partial charge in [0, 0.05) is 12.6 Å². The van der Waals surface area contributed by atoms with Crippen molar-refractivity contribution in [3.63, 3.8) is 0 Å². The number of hydrogen-bond acceptors (Lipinski definition) is 4. The van der Waals surface area contributed by atoms with Crippen LogP contribution in [0.4, 0.5) is 0 Å². The van der Waals surface area contributed by atoms with Crippen molar-refractivity contribution in [2.45, 2.75) is 57.5 Å². The van der Waals surface area contributed by atoms with Gasteiger partial charge in [0.05, 0.1) is 11.4 Å². The van der Waals surface area contributed by atoms with Gasteiger partial charge < -0.3 is 15.5 Å². The molecule has 1 aliphatic carbocycles. The fraction of sp³-hybridized carbons (Fsp3) is 0.458. The molecule has 6 nitrogen and oxygen atoms in total. The Morgan fingerprint density at radius 1 is 1.10 bits per heavy atom. The number of carbonyl (C=O) groups excluding carboxylic acids is 3. The Hall–Kier alpha value is -2.67. The summed E-state index contributed by atoms with van der Waals surface area (Å²) in [7, 11) is 0. The maximum atomic E-state index is 13.3. The zero-order valence-corrected chi connectivity index (χ0v) is 18.8. The molecule has 2 N–H and O–H groups in total. The maximum absolute atomic E-state index is 13.3. The van der Waals surface area contributed by atoms with Crippen molar-refractivity contribution < 1.29 is 14.4 Å². The molecule has 1 aromatic carbocycles. The first-order valence-electron chi connectivity index (χ1n) is 11.1. The molecule has 3 rings (SSSR count). The van der Waals surface area contributed by atoms with Crippen LogP contribution in [0.15, 0.2) is 47.8 Å². The van der Waals surface area contributed by atoms with E-state index in [9.17, 15) is 14.4 Å². The number of carbonyl (C=O) groups is 3. The summed E-state index contributed by atoms with van der Waals surface area (Å²) in [4.78, 5) is 41.0. The molecular weight excluding hydrogens is 410 g/mol. The first-order valence-corrected chi connectivity index (χ1v) is 11.9. The number of nitrogens with zero attached hydrogens (tertiary/aromatic N) is 1. The van der Waals surface area contributed by atoms with Crippen LogP contribution in [0.5, 0.6) is 0 Å². The first-order chi connectivity index (χ1) is 15.1. The lowest BCUT2D eigenvalue weighted by Gasteiger charge is -2.32. The smallest absolute Gasteiger partial charge is 0.261 e. The number of amides is 3. The summed E-state index contributed by atoms with van der Waals surface area (Å²) in [6, 6.07) is 12.4. The van der Waals surface area contributed by atoms with Crippen LogP contribution in [0.3, 0.4) is 0 Å². The summed E-state index contributed by atoms with van der Waals surface area (Å²) < 4.78 is 0. The first kappa shape index (κ1) is 23.0. The molecule has 0 spiro atoms. The quantitative estimate of drug-likeness (QED) is 0.587. The number of rotatable bonds is 10. The molecule has 1 saturated carbocycles. The zero-order chi connectivity index (χ0) is 22.1. The Morgan fingerprint density at radius 2 is 1.84 bits per heavy atom. The topological polar surface area (TPSA) is 78.5 Å². The fourth-order valence-corrected chi connectivity index (χ4v) is 4.58. The minimum absolute atomic E-state index is 0.138. The van der Waals surface area contributed by atoms with Gasteiger partial charge in [0.2, 0.25) is 11.8 Å². The average Bonchev–Trinajstić information content (AvgIpc) is 3.49. The number of hydrogen-bond donors (Lipinski definition) is 2. The largest absolute Gasteiger partial charge is 0.351 e. The molecule has 0 radical (unpaired) electrons. The molecule has 0 aliphatic heterocycles. The minimum atomic E-state index is -0.709. The van der Waals surface area contributed by atoms with Gasteiger partial charge in [-0.2, -0.15) is 0 Å². The Morgan fingerprint density at radius 3 is 2.48 bits per heavy atom. The van der Waals surface area contributed by atoms with Crippen LogP contribution >= 0.6 is 11.3 Å². The second-order valence-corrected chi connectivity index (χ2v) is 8.85. The summed E-state index contributed by atoms with van der Waals surface area (Å²) in [6.07, 6.45) is 5.88. The highest BCUT2D eigenvalue weighted by Crippen LogP contribution is 2.24. The van der Waals surface area contributed by atoms with Gasteiger partial charge in [-0.25, -0.2) is 0 Å². The van der Waals surface area contributed by atoms with Gasteiger partial charge in [-0.05, 0) is 36.3 Å². The van der Waals surface area contributed by atoms with Gasteiger partial charge in [-0.3, -0.25) is 14.4 Å². The van der Waals surface area contributed by atoms with Crippen molar-refractivity contribution in [2.75, 3.05) is 13.1 Å². The van der Waals surface area contributed by atoms with E-state index in [4.69, 9.17) is 0 Å². The standard InChI is InChI=1S/C24H31N3O3S/c1-2-3-15-27(21(28)17-25-23(29)20-14-9-16-31-20)22(18-10-5-4-6-11-18)24(30)26-19-12-7-8-13-19/h4-6,9-11,14,16,19,22H,2-3,7-8,12-13,15,17H2,1H3,(H,25,29)(H,26,30)/t22-/m0/s1. The van der Waals surface area contributed by atoms with E-state index < -0.39 is 6.04 Å². The van der Waals surface area contributed by atoms with Crippen LogP contribution in [-0.4, -0.2) is 41.8 Å². The van der Waals surface area contributed by atoms with Crippen LogP contribution in [0, 0.1) is 0 Å². The Bertz CT molecular complexity index is 848. The molecule has 0 unspecified atom stereocenters. The fourth-order valence-electron chi connectivity index (χ4n) is 3.94. The molecule has 166 valence electrons. The summed E-state index contributed by atoms with van der Waals surface area (Å²) in [6.45, 7) is 2.37. The second kappa shape index (κ2) is 11.6. The van der Waals surface area contributed by atoms with Crippen molar-refractivity contribution in [2.24, 2.45) is 0 Å². The predicted octanol–water partition coefficient (Wildman–Crippen LogP) is 3.91. The van der Waals surface area contributed by atoms with E-state index in [1.54, 1.807) is 17.0 Å². The molecule has 1 heterocycles. The monoisotopic (exact) mass is 441 g/mol. The highest BCUT2D eigenvalue weighted by Gasteiger charge is 2.32. The van der Waals surface area contributed by atoms with Gasteiger partial charge >= 0.3 is 0 Å². The summed E-state index contributed by atoms with van der Waals surface area (Å²) in [5.41, 5.74) is 0.784. The number of benzene rings is 1. The van der Waals surface area contributed by atoms with Crippen molar-refractivity contribution in [3.05, 3.63) is 58.3 Å². The Labute approximate surface area is 188 Å². The molecule has 1 aliphatic rings. The summed E-state index contributed by atoms with van der Waals surface area (Å²) in [5, 5.41) is 7.69. The van der Waals surface area contributed by atoms with E-state index in [1.165, 1.54) is 11.3 Å². The molecule has 7 heteroatoms. The third-order valence-corrected chi connectivity index (χ3v) is 6.46.